The quantitative estimate of drug-likeness (QED) is 0.726. The molecule has 2 saturated heterocycles. The van der Waals surface area contributed by atoms with E-state index in [1.165, 1.54) is 7.11 Å². The highest BCUT2D eigenvalue weighted by Crippen LogP contribution is 2.22. The van der Waals surface area contributed by atoms with Gasteiger partial charge in [0.2, 0.25) is 5.91 Å². The first-order valence-electron chi connectivity index (χ1n) is 7.21. The summed E-state index contributed by atoms with van der Waals surface area (Å²) >= 11 is 0. The minimum Gasteiger partial charge on any atom is -0.467 e. The third-order valence-corrected chi connectivity index (χ3v) is 4.00. The molecule has 0 aliphatic carbocycles. The molecule has 0 saturated carbocycles. The maximum atomic E-state index is 12.2. The zero-order valence-corrected chi connectivity index (χ0v) is 11.6. The third-order valence-electron chi connectivity index (χ3n) is 4.00. The van der Waals surface area contributed by atoms with Crippen LogP contribution in [0.1, 0.15) is 44.9 Å². The third kappa shape index (κ3) is 3.69. The van der Waals surface area contributed by atoms with Crippen molar-refractivity contribution in [2.45, 2.75) is 57.1 Å². The molecule has 5 nitrogen and oxygen atoms in total. The van der Waals surface area contributed by atoms with Gasteiger partial charge in [-0.25, -0.2) is 4.79 Å². The summed E-state index contributed by atoms with van der Waals surface area (Å²) in [6.45, 7) is 1.48. The topological polar surface area (TPSA) is 55.8 Å². The lowest BCUT2D eigenvalue weighted by molar-refractivity contribution is -0.154. The van der Waals surface area contributed by atoms with Crippen LogP contribution in [0, 0.1) is 0 Å². The highest BCUT2D eigenvalue weighted by Gasteiger charge is 2.32. The molecule has 0 spiro atoms. The summed E-state index contributed by atoms with van der Waals surface area (Å²) in [4.78, 5) is 25.6. The molecule has 1 unspecified atom stereocenters. The predicted molar refractivity (Wildman–Crippen MR) is 69.6 cm³/mol. The number of hydrogen-bond donors (Lipinski definition) is 0. The van der Waals surface area contributed by atoms with E-state index < -0.39 is 0 Å². The van der Waals surface area contributed by atoms with Crippen molar-refractivity contribution in [2.24, 2.45) is 0 Å². The molecule has 19 heavy (non-hydrogen) atoms. The van der Waals surface area contributed by atoms with Crippen LogP contribution in [0.15, 0.2) is 0 Å². The number of nitrogens with zero attached hydrogens (tertiary/aromatic N) is 1. The summed E-state index contributed by atoms with van der Waals surface area (Å²) in [6, 6.07) is -0.379. The number of carbonyl (C=O) groups excluding carboxylic acids is 2. The molecular weight excluding hydrogens is 246 g/mol. The van der Waals surface area contributed by atoms with Crippen molar-refractivity contribution in [3.63, 3.8) is 0 Å². The molecule has 0 aromatic heterocycles. The summed E-state index contributed by atoms with van der Waals surface area (Å²) in [5, 5.41) is 0. The van der Waals surface area contributed by atoms with Gasteiger partial charge in [-0.2, -0.15) is 0 Å². The fourth-order valence-electron chi connectivity index (χ4n) is 2.91. The first-order chi connectivity index (χ1) is 9.22. The number of ether oxygens (including phenoxy) is 2. The van der Waals surface area contributed by atoms with Gasteiger partial charge in [-0.3, -0.25) is 4.79 Å². The van der Waals surface area contributed by atoms with E-state index >= 15 is 0 Å². The molecule has 2 atom stereocenters. The van der Waals surface area contributed by atoms with Crippen molar-refractivity contribution in [2.75, 3.05) is 20.3 Å². The Labute approximate surface area is 114 Å². The van der Waals surface area contributed by atoms with Crippen molar-refractivity contribution in [1.29, 1.82) is 0 Å². The molecule has 1 amide bonds. The number of piperidine rings is 1. The number of esters is 1. The Balaban J connectivity index is 1.85. The number of hydrogen-bond acceptors (Lipinski definition) is 4. The minimum absolute atomic E-state index is 0.0607. The smallest absolute Gasteiger partial charge is 0.328 e. The van der Waals surface area contributed by atoms with Gasteiger partial charge in [-0.05, 0) is 38.5 Å². The van der Waals surface area contributed by atoms with Gasteiger partial charge >= 0.3 is 5.97 Å². The molecule has 2 aliphatic rings. The fourth-order valence-corrected chi connectivity index (χ4v) is 2.91. The first-order valence-corrected chi connectivity index (χ1v) is 7.21. The molecule has 0 N–H and O–H groups in total. The Morgan fingerprint density at radius 1 is 1.26 bits per heavy atom. The van der Waals surface area contributed by atoms with Crippen LogP contribution in [0.25, 0.3) is 0 Å². The number of carbonyl (C=O) groups is 2. The maximum Gasteiger partial charge on any atom is 0.328 e. The number of likely N-dealkylation sites (tertiary alicyclic amines) is 1. The molecule has 0 bridgehead atoms. The Kier molecular flexibility index (Phi) is 5.19. The van der Waals surface area contributed by atoms with Crippen LogP contribution < -0.4 is 0 Å². The molecule has 108 valence electrons. The van der Waals surface area contributed by atoms with Crippen molar-refractivity contribution in [1.82, 2.24) is 4.90 Å². The number of amides is 1. The predicted octanol–water partition coefficient (Wildman–Crippen LogP) is 1.50. The van der Waals surface area contributed by atoms with Crippen LogP contribution in [0.2, 0.25) is 0 Å². The van der Waals surface area contributed by atoms with Crippen LogP contribution in [-0.4, -0.2) is 49.2 Å². The normalized spacial score (nSPS) is 27.3. The first kappa shape index (κ1) is 14.3. The van der Waals surface area contributed by atoms with E-state index in [1.807, 2.05) is 0 Å². The zero-order chi connectivity index (χ0) is 13.7. The van der Waals surface area contributed by atoms with Crippen molar-refractivity contribution >= 4 is 11.9 Å². The maximum absolute atomic E-state index is 12.2. The average molecular weight is 269 g/mol. The Hall–Kier alpha value is -1.10. The molecule has 5 heteroatoms. The van der Waals surface area contributed by atoms with Gasteiger partial charge in [0.1, 0.15) is 6.04 Å². The van der Waals surface area contributed by atoms with E-state index in [9.17, 15) is 9.59 Å². The zero-order valence-electron chi connectivity index (χ0n) is 11.6. The molecule has 0 aromatic rings. The van der Waals surface area contributed by atoms with Gasteiger partial charge in [-0.15, -0.1) is 0 Å². The van der Waals surface area contributed by atoms with Crippen molar-refractivity contribution in [3.05, 3.63) is 0 Å². The number of rotatable bonds is 4. The van der Waals surface area contributed by atoms with Crippen molar-refractivity contribution < 1.29 is 19.1 Å². The summed E-state index contributed by atoms with van der Waals surface area (Å²) in [7, 11) is 1.38. The summed E-state index contributed by atoms with van der Waals surface area (Å²) < 4.78 is 10.3. The molecule has 2 heterocycles. The van der Waals surface area contributed by atoms with Crippen molar-refractivity contribution in [3.8, 4) is 0 Å². The lowest BCUT2D eigenvalue weighted by atomic mass is 10.0. The van der Waals surface area contributed by atoms with Crippen LogP contribution in [-0.2, 0) is 19.1 Å². The Morgan fingerprint density at radius 2 is 2.11 bits per heavy atom. The van der Waals surface area contributed by atoms with Gasteiger partial charge in [0.15, 0.2) is 0 Å². The second-order valence-electron chi connectivity index (χ2n) is 5.30. The minimum atomic E-state index is -0.379. The van der Waals surface area contributed by atoms with E-state index in [4.69, 9.17) is 9.47 Å². The summed E-state index contributed by atoms with van der Waals surface area (Å²) in [5.74, 6) is -0.226. The van der Waals surface area contributed by atoms with E-state index in [1.54, 1.807) is 4.90 Å². The summed E-state index contributed by atoms with van der Waals surface area (Å²) in [5.41, 5.74) is 0. The largest absolute Gasteiger partial charge is 0.467 e. The standard InChI is InChI=1S/C14H23NO4/c1-18-14(17)12-6-2-3-9-15(12)13(16)8-7-11-5-4-10-19-11/h11-12H,2-10H2,1H3/t11?,12-/m1/s1. The second kappa shape index (κ2) is 6.89. The molecule has 2 rings (SSSR count). The fraction of sp³-hybridized carbons (Fsp3) is 0.857. The van der Waals surface area contributed by atoms with E-state index in [-0.39, 0.29) is 24.0 Å². The van der Waals surface area contributed by atoms with E-state index in [0.717, 1.165) is 45.1 Å². The lowest BCUT2D eigenvalue weighted by Crippen LogP contribution is -2.48. The van der Waals surface area contributed by atoms with Crippen LogP contribution in [0.4, 0.5) is 0 Å². The highest BCUT2D eigenvalue weighted by molar-refractivity contribution is 5.84. The van der Waals surface area contributed by atoms with Gasteiger partial charge in [0.25, 0.3) is 0 Å². The van der Waals surface area contributed by atoms with Crippen LogP contribution in [0.5, 0.6) is 0 Å². The Morgan fingerprint density at radius 3 is 2.79 bits per heavy atom. The van der Waals surface area contributed by atoms with E-state index in [2.05, 4.69) is 0 Å². The van der Waals surface area contributed by atoms with Gasteiger partial charge in [0.05, 0.1) is 13.2 Å². The molecule has 0 radical (unpaired) electrons. The SMILES string of the molecule is COC(=O)[C@H]1CCCCN1C(=O)CCC1CCCO1. The number of methoxy groups -OCH3 is 1. The lowest BCUT2D eigenvalue weighted by Gasteiger charge is -2.34. The monoisotopic (exact) mass is 269 g/mol. The highest BCUT2D eigenvalue weighted by atomic mass is 16.5. The molecule has 2 fully saturated rings. The van der Waals surface area contributed by atoms with E-state index in [0.29, 0.717) is 13.0 Å². The second-order valence-corrected chi connectivity index (χ2v) is 5.30. The Bertz CT molecular complexity index is 325. The summed E-state index contributed by atoms with van der Waals surface area (Å²) in [6.07, 6.45) is 6.28. The molecular formula is C14H23NO4. The van der Waals surface area contributed by atoms with Crippen LogP contribution in [0.3, 0.4) is 0 Å². The van der Waals surface area contributed by atoms with Gasteiger partial charge < -0.3 is 14.4 Å². The van der Waals surface area contributed by atoms with Gasteiger partial charge in [0, 0.05) is 19.6 Å². The average Bonchev–Trinajstić information content (AvgIpc) is 2.97. The molecule has 0 aromatic carbocycles. The van der Waals surface area contributed by atoms with Crippen LogP contribution >= 0.6 is 0 Å². The molecule has 2 aliphatic heterocycles. The van der Waals surface area contributed by atoms with Gasteiger partial charge in [-0.1, -0.05) is 0 Å².